The van der Waals surface area contributed by atoms with Crippen LogP contribution in [0.25, 0.3) is 0 Å². The van der Waals surface area contributed by atoms with Crippen molar-refractivity contribution < 1.29 is 17.6 Å². The van der Waals surface area contributed by atoms with Gasteiger partial charge in [0.25, 0.3) is 0 Å². The summed E-state index contributed by atoms with van der Waals surface area (Å²) < 4.78 is 40.7. The van der Waals surface area contributed by atoms with E-state index in [9.17, 15) is 17.6 Å². The lowest BCUT2D eigenvalue weighted by Gasteiger charge is -2.24. The molecule has 0 aromatic heterocycles. The molecule has 1 saturated carbocycles. The fourth-order valence-electron chi connectivity index (χ4n) is 4.40. The van der Waals surface area contributed by atoms with Crippen molar-refractivity contribution in [3.63, 3.8) is 0 Å². The number of benzene rings is 1. The van der Waals surface area contributed by atoms with Crippen LogP contribution in [-0.4, -0.2) is 50.9 Å². The molecule has 2 aliphatic rings. The van der Waals surface area contributed by atoms with Gasteiger partial charge in [0.2, 0.25) is 15.9 Å². The van der Waals surface area contributed by atoms with Crippen LogP contribution >= 0.6 is 11.6 Å². The summed E-state index contributed by atoms with van der Waals surface area (Å²) in [5.74, 6) is -0.315. The summed E-state index contributed by atoms with van der Waals surface area (Å²) in [6.45, 7) is 2.77. The van der Waals surface area contributed by atoms with Gasteiger partial charge in [0, 0.05) is 19.1 Å². The molecule has 3 rings (SSSR count). The standard InChI is InChI=1S/C19H27ClFN3O3S/c1-3-4-17(22-2)19(25)23-16-7-5-12-10-24(11-14(12)16)28(26,27)18-8-6-13(21)9-15(18)20/h6,8-9,12,14,16-17,22H,3-5,7,10-11H2,1-2H3,(H,23,25)/t12-,14+,16+,17+/m1/s1. The van der Waals surface area contributed by atoms with Gasteiger partial charge < -0.3 is 10.6 Å². The molecular weight excluding hydrogens is 405 g/mol. The van der Waals surface area contributed by atoms with E-state index < -0.39 is 15.8 Å². The van der Waals surface area contributed by atoms with Crippen molar-refractivity contribution in [2.45, 2.75) is 49.6 Å². The molecule has 0 bridgehead atoms. The van der Waals surface area contributed by atoms with Gasteiger partial charge in [0.05, 0.1) is 11.1 Å². The van der Waals surface area contributed by atoms with Crippen LogP contribution in [0.2, 0.25) is 5.02 Å². The number of amides is 1. The Morgan fingerprint density at radius 3 is 2.75 bits per heavy atom. The first-order valence-electron chi connectivity index (χ1n) is 9.70. The van der Waals surface area contributed by atoms with Crippen LogP contribution in [-0.2, 0) is 14.8 Å². The van der Waals surface area contributed by atoms with Gasteiger partial charge in [0.15, 0.2) is 0 Å². The van der Waals surface area contributed by atoms with E-state index in [2.05, 4.69) is 10.6 Å². The van der Waals surface area contributed by atoms with Crippen molar-refractivity contribution in [2.24, 2.45) is 11.8 Å². The van der Waals surface area contributed by atoms with Crippen molar-refractivity contribution in [1.29, 1.82) is 0 Å². The Morgan fingerprint density at radius 2 is 2.11 bits per heavy atom. The fourth-order valence-corrected chi connectivity index (χ4v) is 6.44. The summed E-state index contributed by atoms with van der Waals surface area (Å²) in [5.41, 5.74) is 0. The van der Waals surface area contributed by atoms with E-state index in [0.717, 1.165) is 37.8 Å². The third-order valence-corrected chi connectivity index (χ3v) is 8.22. The predicted molar refractivity (Wildman–Crippen MR) is 106 cm³/mol. The van der Waals surface area contributed by atoms with E-state index >= 15 is 0 Å². The molecule has 1 amide bonds. The van der Waals surface area contributed by atoms with Crippen LogP contribution in [0.3, 0.4) is 0 Å². The molecule has 28 heavy (non-hydrogen) atoms. The topological polar surface area (TPSA) is 78.5 Å². The summed E-state index contributed by atoms with van der Waals surface area (Å²) in [6, 6.07) is 3.06. The van der Waals surface area contributed by atoms with Crippen LogP contribution in [0, 0.1) is 17.7 Å². The van der Waals surface area contributed by atoms with Gasteiger partial charge in [-0.05, 0) is 56.3 Å². The van der Waals surface area contributed by atoms with Gasteiger partial charge in [0.1, 0.15) is 10.7 Å². The Hall–Kier alpha value is -1.22. The van der Waals surface area contributed by atoms with Gasteiger partial charge in [-0.15, -0.1) is 0 Å². The number of likely N-dealkylation sites (N-methyl/N-ethyl adjacent to an activating group) is 1. The van der Waals surface area contributed by atoms with Crippen LogP contribution in [0.1, 0.15) is 32.6 Å². The summed E-state index contributed by atoms with van der Waals surface area (Å²) in [4.78, 5) is 12.5. The number of halogens is 2. The van der Waals surface area contributed by atoms with E-state index in [1.54, 1.807) is 7.05 Å². The highest BCUT2D eigenvalue weighted by molar-refractivity contribution is 7.89. The van der Waals surface area contributed by atoms with E-state index in [0.29, 0.717) is 13.1 Å². The monoisotopic (exact) mass is 431 g/mol. The second-order valence-corrected chi connectivity index (χ2v) is 9.96. The van der Waals surface area contributed by atoms with Gasteiger partial charge >= 0.3 is 0 Å². The fraction of sp³-hybridized carbons (Fsp3) is 0.632. The van der Waals surface area contributed by atoms with E-state index in [4.69, 9.17) is 11.6 Å². The molecule has 0 radical (unpaired) electrons. The number of hydrogen-bond acceptors (Lipinski definition) is 4. The van der Waals surface area contributed by atoms with Gasteiger partial charge in [-0.1, -0.05) is 24.9 Å². The Bertz CT molecular complexity index is 836. The van der Waals surface area contributed by atoms with Crippen molar-refractivity contribution in [2.75, 3.05) is 20.1 Å². The lowest BCUT2D eigenvalue weighted by Crippen LogP contribution is -2.48. The third-order valence-electron chi connectivity index (χ3n) is 5.91. The summed E-state index contributed by atoms with van der Waals surface area (Å²) >= 11 is 5.98. The first-order valence-corrected chi connectivity index (χ1v) is 11.5. The van der Waals surface area contributed by atoms with Gasteiger partial charge in [-0.3, -0.25) is 4.79 Å². The molecule has 1 aromatic rings. The second-order valence-electron chi connectivity index (χ2n) is 7.64. The quantitative estimate of drug-likeness (QED) is 0.694. The number of sulfonamides is 1. The van der Waals surface area contributed by atoms with E-state index in [-0.39, 0.29) is 39.7 Å². The van der Waals surface area contributed by atoms with Crippen molar-refractivity contribution in [3.8, 4) is 0 Å². The summed E-state index contributed by atoms with van der Waals surface area (Å²) in [5, 5.41) is 6.04. The molecule has 0 unspecified atom stereocenters. The number of fused-ring (bicyclic) bond motifs is 1. The molecule has 1 aliphatic heterocycles. The average molecular weight is 432 g/mol. The minimum absolute atomic E-state index is 0.0297. The van der Waals surface area contributed by atoms with Crippen LogP contribution in [0.15, 0.2) is 23.1 Å². The lowest BCUT2D eigenvalue weighted by molar-refractivity contribution is -0.124. The molecule has 1 aliphatic carbocycles. The summed E-state index contributed by atoms with van der Waals surface area (Å²) in [6.07, 6.45) is 3.39. The molecule has 2 fully saturated rings. The predicted octanol–water partition coefficient (Wildman–Crippen LogP) is 2.38. The maximum atomic E-state index is 13.3. The highest BCUT2D eigenvalue weighted by Gasteiger charge is 2.47. The zero-order valence-electron chi connectivity index (χ0n) is 16.1. The normalized spacial score (nSPS) is 26.2. The minimum Gasteiger partial charge on any atom is -0.352 e. The number of nitrogens with zero attached hydrogens (tertiary/aromatic N) is 1. The van der Waals surface area contributed by atoms with Crippen LogP contribution < -0.4 is 10.6 Å². The summed E-state index contributed by atoms with van der Waals surface area (Å²) in [7, 11) is -2.03. The van der Waals surface area contributed by atoms with Crippen LogP contribution in [0.4, 0.5) is 4.39 Å². The molecule has 4 atom stereocenters. The zero-order valence-corrected chi connectivity index (χ0v) is 17.7. The largest absolute Gasteiger partial charge is 0.352 e. The van der Waals surface area contributed by atoms with E-state index in [1.807, 2.05) is 6.92 Å². The van der Waals surface area contributed by atoms with Gasteiger partial charge in [-0.25, -0.2) is 12.8 Å². The Balaban J connectivity index is 1.71. The molecule has 9 heteroatoms. The van der Waals surface area contributed by atoms with E-state index in [1.165, 1.54) is 10.4 Å². The highest BCUT2D eigenvalue weighted by Crippen LogP contribution is 2.41. The smallest absolute Gasteiger partial charge is 0.244 e. The third kappa shape index (κ3) is 4.20. The first-order chi connectivity index (χ1) is 13.3. The molecular formula is C19H27ClFN3O3S. The van der Waals surface area contributed by atoms with Crippen molar-refractivity contribution in [3.05, 3.63) is 29.0 Å². The van der Waals surface area contributed by atoms with Gasteiger partial charge in [-0.2, -0.15) is 4.31 Å². The minimum atomic E-state index is -3.80. The number of rotatable bonds is 7. The SMILES string of the molecule is CCC[C@H](NC)C(=O)N[C@H]1CC[C@@H]2CN(S(=O)(=O)c3ccc(F)cc3Cl)C[C@@H]21. The molecule has 156 valence electrons. The number of carbonyl (C=O) groups is 1. The van der Waals surface area contributed by atoms with Crippen molar-refractivity contribution >= 4 is 27.5 Å². The molecule has 2 N–H and O–H groups in total. The maximum Gasteiger partial charge on any atom is 0.244 e. The Morgan fingerprint density at radius 1 is 1.36 bits per heavy atom. The zero-order chi connectivity index (χ0) is 20.5. The van der Waals surface area contributed by atoms with Crippen LogP contribution in [0.5, 0.6) is 0 Å². The van der Waals surface area contributed by atoms with Crippen molar-refractivity contribution in [1.82, 2.24) is 14.9 Å². The molecule has 0 spiro atoms. The lowest BCUT2D eigenvalue weighted by atomic mass is 9.97. The number of hydrogen-bond donors (Lipinski definition) is 2. The molecule has 1 saturated heterocycles. The maximum absolute atomic E-state index is 13.3. The molecule has 1 heterocycles. The highest BCUT2D eigenvalue weighted by atomic mass is 35.5. The Labute approximate surface area is 170 Å². The molecule has 6 nitrogen and oxygen atoms in total. The second kappa shape index (κ2) is 8.65. The number of nitrogens with one attached hydrogen (secondary N) is 2. The average Bonchev–Trinajstić information content (AvgIpc) is 3.21. The first kappa shape index (κ1) is 21.5. The Kier molecular flexibility index (Phi) is 6.64. The molecule has 1 aromatic carbocycles. The number of carbonyl (C=O) groups excluding carboxylic acids is 1.